The van der Waals surface area contributed by atoms with Crippen molar-refractivity contribution >= 4 is 43.6 Å². The molecular weight excluding hydrogens is 282 g/mol. The first-order valence-corrected chi connectivity index (χ1v) is 7.67. The van der Waals surface area contributed by atoms with Crippen LogP contribution < -0.4 is 4.57 Å². The van der Waals surface area contributed by atoms with Crippen molar-refractivity contribution in [2.75, 3.05) is 0 Å². The zero-order valence-electron chi connectivity index (χ0n) is 12.7. The Morgan fingerprint density at radius 2 is 1.17 bits per heavy atom. The van der Waals surface area contributed by atoms with Crippen molar-refractivity contribution in [1.82, 2.24) is 9.97 Å². The molecule has 0 unspecified atom stereocenters. The molecule has 5 rings (SSSR count). The molecule has 108 valence electrons. The first-order chi connectivity index (χ1) is 11.3. The fourth-order valence-corrected chi connectivity index (χ4v) is 3.33. The van der Waals surface area contributed by atoms with E-state index in [1.807, 2.05) is 30.1 Å². The van der Waals surface area contributed by atoms with Gasteiger partial charge in [-0.05, 0) is 10.8 Å². The number of aryl methyl sites for hydroxylation is 1. The molecule has 2 heterocycles. The summed E-state index contributed by atoms with van der Waals surface area (Å²) in [5, 5.41) is 4.77. The summed E-state index contributed by atoms with van der Waals surface area (Å²) in [6.07, 6.45) is 4.03. The molecule has 0 amide bonds. The largest absolute Gasteiger partial charge is 0.243 e. The fourth-order valence-electron chi connectivity index (χ4n) is 3.33. The van der Waals surface area contributed by atoms with Crippen molar-refractivity contribution < 1.29 is 4.57 Å². The Balaban J connectivity index is 2.14. The van der Waals surface area contributed by atoms with Gasteiger partial charge in [-0.1, -0.05) is 48.5 Å². The van der Waals surface area contributed by atoms with Crippen molar-refractivity contribution in [3.63, 3.8) is 0 Å². The zero-order chi connectivity index (χ0) is 15.4. The maximum Gasteiger partial charge on any atom is 0.196 e. The molecule has 0 radical (unpaired) electrons. The molecule has 3 aromatic carbocycles. The summed E-state index contributed by atoms with van der Waals surface area (Å²) in [4.78, 5) is 9.85. The highest BCUT2D eigenvalue weighted by atomic mass is 14.9. The van der Waals surface area contributed by atoms with Crippen molar-refractivity contribution in [1.29, 1.82) is 0 Å². The van der Waals surface area contributed by atoms with Crippen molar-refractivity contribution in [3.8, 4) is 0 Å². The molecule has 0 spiro atoms. The summed E-state index contributed by atoms with van der Waals surface area (Å²) in [5.74, 6) is 0. The minimum Gasteiger partial charge on any atom is -0.243 e. The monoisotopic (exact) mass is 296 g/mol. The smallest absolute Gasteiger partial charge is 0.196 e. The van der Waals surface area contributed by atoms with E-state index in [2.05, 4.69) is 48.5 Å². The summed E-state index contributed by atoms with van der Waals surface area (Å²) in [6, 6.07) is 18.9. The number of hydrogen-bond donors (Lipinski definition) is 0. The highest BCUT2D eigenvalue weighted by molar-refractivity contribution is 6.23. The standard InChI is InChI=1S/C20H14N3/c1-23-11-10-17-18(12-23)22-20-16-9-5-3-7-14(16)13-6-2-4-8-15(13)19(20)21-17/h2-12H,1H3/q+1. The maximum absolute atomic E-state index is 4.93. The molecule has 0 atom stereocenters. The summed E-state index contributed by atoms with van der Waals surface area (Å²) < 4.78 is 2.01. The Morgan fingerprint density at radius 1 is 0.652 bits per heavy atom. The first kappa shape index (κ1) is 12.5. The second kappa shape index (κ2) is 4.46. The summed E-state index contributed by atoms with van der Waals surface area (Å²) in [7, 11) is 2.00. The average molecular weight is 296 g/mol. The van der Waals surface area contributed by atoms with E-state index in [1.54, 1.807) is 0 Å². The minimum absolute atomic E-state index is 0.919. The van der Waals surface area contributed by atoms with Crippen LogP contribution in [0.3, 0.4) is 0 Å². The quantitative estimate of drug-likeness (QED) is 0.246. The number of fused-ring (bicyclic) bond motifs is 7. The molecule has 5 aromatic rings. The summed E-state index contributed by atoms with van der Waals surface area (Å²) in [5.41, 5.74) is 3.79. The molecule has 23 heavy (non-hydrogen) atoms. The predicted molar refractivity (Wildman–Crippen MR) is 93.2 cm³/mol. The van der Waals surface area contributed by atoms with Gasteiger partial charge in [-0.15, -0.1) is 0 Å². The molecule has 2 aromatic heterocycles. The van der Waals surface area contributed by atoms with Gasteiger partial charge >= 0.3 is 0 Å². The number of hydrogen-bond acceptors (Lipinski definition) is 2. The number of rotatable bonds is 0. The summed E-state index contributed by atoms with van der Waals surface area (Å²) >= 11 is 0. The topological polar surface area (TPSA) is 29.7 Å². The van der Waals surface area contributed by atoms with Crippen molar-refractivity contribution in [2.24, 2.45) is 7.05 Å². The van der Waals surface area contributed by atoms with E-state index in [-0.39, 0.29) is 0 Å². The van der Waals surface area contributed by atoms with E-state index in [9.17, 15) is 0 Å². The van der Waals surface area contributed by atoms with Crippen LogP contribution >= 0.6 is 0 Å². The number of pyridine rings is 1. The molecule has 0 saturated carbocycles. The minimum atomic E-state index is 0.919. The van der Waals surface area contributed by atoms with E-state index >= 15 is 0 Å². The molecule has 0 N–H and O–H groups in total. The normalized spacial score (nSPS) is 11.7. The van der Waals surface area contributed by atoms with Crippen LogP contribution in [-0.2, 0) is 7.05 Å². The second-order valence-corrected chi connectivity index (χ2v) is 5.89. The van der Waals surface area contributed by atoms with E-state index < -0.39 is 0 Å². The lowest BCUT2D eigenvalue weighted by Crippen LogP contribution is -2.26. The van der Waals surface area contributed by atoms with Crippen LogP contribution in [0.4, 0.5) is 0 Å². The lowest BCUT2D eigenvalue weighted by molar-refractivity contribution is -0.670. The van der Waals surface area contributed by atoms with Crippen LogP contribution in [0.5, 0.6) is 0 Å². The third-order valence-electron chi connectivity index (χ3n) is 4.40. The van der Waals surface area contributed by atoms with Gasteiger partial charge in [0.2, 0.25) is 0 Å². The highest BCUT2D eigenvalue weighted by Crippen LogP contribution is 2.33. The zero-order valence-corrected chi connectivity index (χ0v) is 12.7. The molecular formula is C20H14N3+. The SMILES string of the molecule is C[n+]1ccc2nc3c4ccccc4c4ccccc4c3nc2c1. The third kappa shape index (κ3) is 1.73. The van der Waals surface area contributed by atoms with Gasteiger partial charge in [-0.2, -0.15) is 0 Å². The number of benzene rings is 3. The van der Waals surface area contributed by atoms with Gasteiger partial charge in [0.25, 0.3) is 0 Å². The third-order valence-corrected chi connectivity index (χ3v) is 4.40. The van der Waals surface area contributed by atoms with Gasteiger partial charge in [-0.25, -0.2) is 14.5 Å². The molecule has 0 fully saturated rings. The van der Waals surface area contributed by atoms with Crippen LogP contribution in [0.15, 0.2) is 67.0 Å². The average Bonchev–Trinajstić information content (AvgIpc) is 2.60. The van der Waals surface area contributed by atoms with Crippen LogP contribution in [0, 0.1) is 0 Å². The Labute approximate surface area is 132 Å². The van der Waals surface area contributed by atoms with E-state index in [4.69, 9.17) is 9.97 Å². The van der Waals surface area contributed by atoms with Crippen molar-refractivity contribution in [3.05, 3.63) is 67.0 Å². The van der Waals surface area contributed by atoms with E-state index in [1.165, 1.54) is 10.8 Å². The second-order valence-electron chi connectivity index (χ2n) is 5.89. The Kier molecular flexibility index (Phi) is 2.42. The van der Waals surface area contributed by atoms with E-state index in [0.717, 1.165) is 32.8 Å². The van der Waals surface area contributed by atoms with Crippen LogP contribution in [0.2, 0.25) is 0 Å². The van der Waals surface area contributed by atoms with Gasteiger partial charge in [0.15, 0.2) is 17.9 Å². The Morgan fingerprint density at radius 3 is 1.78 bits per heavy atom. The molecule has 0 aliphatic heterocycles. The number of nitrogens with zero attached hydrogens (tertiary/aromatic N) is 3. The van der Waals surface area contributed by atoms with Gasteiger partial charge in [-0.3, -0.25) is 0 Å². The van der Waals surface area contributed by atoms with Crippen LogP contribution in [-0.4, -0.2) is 9.97 Å². The fraction of sp³-hybridized carbons (Fsp3) is 0.0500. The predicted octanol–water partition coefficient (Wildman–Crippen LogP) is 3.91. The molecule has 0 aliphatic rings. The van der Waals surface area contributed by atoms with Crippen LogP contribution in [0.25, 0.3) is 43.6 Å². The lowest BCUT2D eigenvalue weighted by Gasteiger charge is -2.09. The highest BCUT2D eigenvalue weighted by Gasteiger charge is 2.12. The van der Waals surface area contributed by atoms with Gasteiger partial charge in [0.1, 0.15) is 12.6 Å². The van der Waals surface area contributed by atoms with Gasteiger partial charge < -0.3 is 0 Å². The molecule has 3 nitrogen and oxygen atoms in total. The molecule has 3 heteroatoms. The lowest BCUT2D eigenvalue weighted by atomic mass is 9.99. The van der Waals surface area contributed by atoms with E-state index in [0.29, 0.717) is 0 Å². The molecule has 0 saturated heterocycles. The van der Waals surface area contributed by atoms with Crippen molar-refractivity contribution in [2.45, 2.75) is 0 Å². The maximum atomic E-state index is 4.93. The molecule has 0 bridgehead atoms. The Bertz CT molecular complexity index is 1230. The van der Waals surface area contributed by atoms with Gasteiger partial charge in [0, 0.05) is 16.8 Å². The number of aromatic nitrogens is 3. The summed E-state index contributed by atoms with van der Waals surface area (Å²) in [6.45, 7) is 0. The van der Waals surface area contributed by atoms with Crippen LogP contribution in [0.1, 0.15) is 0 Å². The first-order valence-electron chi connectivity index (χ1n) is 7.67. The van der Waals surface area contributed by atoms with Gasteiger partial charge in [0.05, 0.1) is 11.0 Å². The molecule has 0 aliphatic carbocycles. The Hall–Kier alpha value is -3.07.